The Hall–Kier alpha value is -0.660. The van der Waals surface area contributed by atoms with E-state index in [1.54, 1.807) is 8.61 Å². The van der Waals surface area contributed by atoms with Crippen LogP contribution in [0.25, 0.3) is 0 Å². The van der Waals surface area contributed by atoms with Gasteiger partial charge in [0, 0.05) is 38.6 Å². The largest absolute Gasteiger partial charge is 0.356 e. The van der Waals surface area contributed by atoms with Crippen LogP contribution in [0.3, 0.4) is 0 Å². The van der Waals surface area contributed by atoms with E-state index in [-0.39, 0.29) is 23.7 Å². The first-order valence-corrected chi connectivity index (χ1v) is 11.5. The maximum atomic E-state index is 13.0. The van der Waals surface area contributed by atoms with Crippen LogP contribution >= 0.6 is 0 Å². The van der Waals surface area contributed by atoms with Crippen LogP contribution in [0.1, 0.15) is 60.8 Å². The van der Waals surface area contributed by atoms with Gasteiger partial charge in [-0.2, -0.15) is 17.0 Å². The lowest BCUT2D eigenvalue weighted by molar-refractivity contribution is -0.126. The van der Waals surface area contributed by atoms with Crippen LogP contribution < -0.4 is 5.32 Å². The lowest BCUT2D eigenvalue weighted by Gasteiger charge is -2.35. The van der Waals surface area contributed by atoms with Crippen LogP contribution in [0.5, 0.6) is 0 Å². The van der Waals surface area contributed by atoms with Crippen LogP contribution in [0, 0.1) is 23.7 Å². The molecule has 0 aromatic carbocycles. The number of amides is 1. The molecule has 1 saturated heterocycles. The molecule has 0 bridgehead atoms. The second-order valence-electron chi connectivity index (χ2n) is 8.76. The number of nitrogens with one attached hydrogen (secondary N) is 1. The van der Waals surface area contributed by atoms with E-state index in [0.717, 1.165) is 6.42 Å². The fourth-order valence-corrected chi connectivity index (χ4v) is 5.19. The van der Waals surface area contributed by atoms with Crippen molar-refractivity contribution in [2.75, 3.05) is 32.7 Å². The van der Waals surface area contributed by atoms with Gasteiger partial charge in [0.1, 0.15) is 0 Å². The monoisotopic (exact) mass is 389 g/mol. The molecular formula is C19H39N3O3S. The summed E-state index contributed by atoms with van der Waals surface area (Å²) in [5, 5.41) is 2.99. The lowest BCUT2D eigenvalue weighted by Crippen LogP contribution is -2.50. The summed E-state index contributed by atoms with van der Waals surface area (Å²) >= 11 is 0. The second-order valence-corrected chi connectivity index (χ2v) is 10.7. The molecule has 1 aliphatic heterocycles. The highest BCUT2D eigenvalue weighted by atomic mass is 32.2. The van der Waals surface area contributed by atoms with Gasteiger partial charge in [0.2, 0.25) is 5.91 Å². The zero-order chi connectivity index (χ0) is 19.9. The molecule has 1 rings (SSSR count). The van der Waals surface area contributed by atoms with Crippen LogP contribution in [-0.2, 0) is 15.0 Å². The molecule has 1 aliphatic rings. The first kappa shape index (κ1) is 23.4. The first-order chi connectivity index (χ1) is 12.0. The van der Waals surface area contributed by atoms with Crippen molar-refractivity contribution in [3.63, 3.8) is 0 Å². The van der Waals surface area contributed by atoms with Gasteiger partial charge in [-0.05, 0) is 37.0 Å². The molecule has 0 radical (unpaired) electrons. The smallest absolute Gasteiger partial charge is 0.281 e. The molecule has 26 heavy (non-hydrogen) atoms. The van der Waals surface area contributed by atoms with E-state index in [1.807, 2.05) is 27.7 Å². The summed E-state index contributed by atoms with van der Waals surface area (Å²) in [6, 6.07) is 0. The molecule has 0 aromatic heterocycles. The van der Waals surface area contributed by atoms with E-state index >= 15 is 0 Å². The van der Waals surface area contributed by atoms with Crippen molar-refractivity contribution in [1.29, 1.82) is 0 Å². The Balaban J connectivity index is 2.62. The summed E-state index contributed by atoms with van der Waals surface area (Å²) in [7, 11) is -3.46. The van der Waals surface area contributed by atoms with Crippen LogP contribution in [0.2, 0.25) is 0 Å². The second kappa shape index (κ2) is 10.6. The highest BCUT2D eigenvalue weighted by Gasteiger charge is 2.35. The molecule has 7 heteroatoms. The van der Waals surface area contributed by atoms with Crippen molar-refractivity contribution in [3.8, 4) is 0 Å². The molecule has 154 valence electrons. The molecule has 0 aromatic rings. The first-order valence-electron chi connectivity index (χ1n) is 10.1. The molecular weight excluding hydrogens is 350 g/mol. The van der Waals surface area contributed by atoms with Gasteiger partial charge in [-0.25, -0.2) is 0 Å². The van der Waals surface area contributed by atoms with Gasteiger partial charge in [0.15, 0.2) is 0 Å². The Morgan fingerprint density at radius 3 is 1.92 bits per heavy atom. The fourth-order valence-electron chi connectivity index (χ4n) is 3.22. The van der Waals surface area contributed by atoms with Gasteiger partial charge >= 0.3 is 0 Å². The summed E-state index contributed by atoms with van der Waals surface area (Å²) < 4.78 is 29.2. The van der Waals surface area contributed by atoms with Crippen molar-refractivity contribution in [3.05, 3.63) is 0 Å². The predicted octanol–water partition coefficient (Wildman–Crippen LogP) is 2.72. The average Bonchev–Trinajstić information content (AvgIpc) is 2.53. The number of rotatable bonds is 10. The molecule has 1 N–H and O–H groups in total. The maximum Gasteiger partial charge on any atom is 0.281 e. The van der Waals surface area contributed by atoms with E-state index < -0.39 is 10.2 Å². The van der Waals surface area contributed by atoms with Crippen molar-refractivity contribution in [2.45, 2.75) is 60.8 Å². The van der Waals surface area contributed by atoms with Crippen molar-refractivity contribution in [2.24, 2.45) is 23.7 Å². The minimum absolute atomic E-state index is 0.0720. The van der Waals surface area contributed by atoms with Gasteiger partial charge in [-0.15, -0.1) is 0 Å². The molecule has 6 nitrogen and oxygen atoms in total. The summed E-state index contributed by atoms with van der Waals surface area (Å²) in [6.45, 7) is 15.1. The summed E-state index contributed by atoms with van der Waals surface area (Å²) in [6.07, 6.45) is 2.17. The molecule has 1 amide bonds. The molecule has 0 saturated carbocycles. The Kier molecular flexibility index (Phi) is 9.55. The van der Waals surface area contributed by atoms with Gasteiger partial charge in [-0.3, -0.25) is 4.79 Å². The van der Waals surface area contributed by atoms with Gasteiger partial charge in [0.25, 0.3) is 10.2 Å². The summed E-state index contributed by atoms with van der Waals surface area (Å²) in [4.78, 5) is 12.3. The van der Waals surface area contributed by atoms with E-state index in [0.29, 0.717) is 51.5 Å². The molecule has 0 atom stereocenters. The van der Waals surface area contributed by atoms with Gasteiger partial charge < -0.3 is 5.32 Å². The minimum Gasteiger partial charge on any atom is -0.356 e. The van der Waals surface area contributed by atoms with Crippen LogP contribution in [0.4, 0.5) is 0 Å². The number of carbonyl (C=O) groups is 1. The molecule has 0 spiro atoms. The Bertz CT molecular complexity index is 514. The molecule has 0 aliphatic carbocycles. The Labute approximate surface area is 160 Å². The highest BCUT2D eigenvalue weighted by Crippen LogP contribution is 2.23. The zero-order valence-electron chi connectivity index (χ0n) is 17.5. The van der Waals surface area contributed by atoms with Gasteiger partial charge in [0.05, 0.1) is 0 Å². The highest BCUT2D eigenvalue weighted by molar-refractivity contribution is 7.86. The third-order valence-electron chi connectivity index (χ3n) is 4.64. The maximum absolute atomic E-state index is 13.0. The summed E-state index contributed by atoms with van der Waals surface area (Å²) in [5.74, 6) is 1.14. The molecule has 0 unspecified atom stereocenters. The number of carbonyl (C=O) groups excluding carboxylic acids is 1. The van der Waals surface area contributed by atoms with Crippen molar-refractivity contribution >= 4 is 16.1 Å². The minimum atomic E-state index is -3.46. The molecule has 1 fully saturated rings. The topological polar surface area (TPSA) is 69.7 Å². The van der Waals surface area contributed by atoms with E-state index in [4.69, 9.17) is 0 Å². The lowest BCUT2D eigenvalue weighted by atomic mass is 9.97. The normalized spacial score (nSPS) is 17.6. The third kappa shape index (κ3) is 7.53. The number of hydrogen-bond acceptors (Lipinski definition) is 3. The van der Waals surface area contributed by atoms with Crippen LogP contribution in [0.15, 0.2) is 0 Å². The van der Waals surface area contributed by atoms with E-state index in [2.05, 4.69) is 19.2 Å². The average molecular weight is 390 g/mol. The SMILES string of the molecule is CC(C)CCNC(=O)C1CCN(S(=O)(=O)N(CC(C)C)CC(C)C)CC1. The number of nitrogens with zero attached hydrogens (tertiary/aromatic N) is 2. The fraction of sp³-hybridized carbons (Fsp3) is 0.947. The van der Waals surface area contributed by atoms with E-state index in [1.165, 1.54) is 0 Å². The van der Waals surface area contributed by atoms with Crippen molar-refractivity contribution < 1.29 is 13.2 Å². The Morgan fingerprint density at radius 2 is 1.50 bits per heavy atom. The molecule has 1 heterocycles. The van der Waals surface area contributed by atoms with Crippen LogP contribution in [-0.4, -0.2) is 55.7 Å². The summed E-state index contributed by atoms with van der Waals surface area (Å²) in [5.41, 5.74) is 0. The predicted molar refractivity (Wildman–Crippen MR) is 107 cm³/mol. The van der Waals surface area contributed by atoms with Crippen molar-refractivity contribution in [1.82, 2.24) is 13.9 Å². The number of hydrogen-bond donors (Lipinski definition) is 1. The quantitative estimate of drug-likeness (QED) is 0.624. The number of piperidine rings is 1. The standard InChI is InChI=1S/C19H39N3O3S/c1-15(2)7-10-20-19(23)18-8-11-21(12-9-18)26(24,25)22(13-16(3)4)14-17(5)6/h15-18H,7-14H2,1-6H3,(H,20,23). The van der Waals surface area contributed by atoms with E-state index in [9.17, 15) is 13.2 Å². The Morgan fingerprint density at radius 1 is 1.00 bits per heavy atom. The zero-order valence-corrected chi connectivity index (χ0v) is 18.3. The third-order valence-corrected chi connectivity index (χ3v) is 6.60. The van der Waals surface area contributed by atoms with Gasteiger partial charge in [-0.1, -0.05) is 41.5 Å².